The first-order valence-electron chi connectivity index (χ1n) is 4.28. The Kier molecular flexibility index (Phi) is 3.83. The number of carboxylic acids is 1. The van der Waals surface area contributed by atoms with Crippen molar-refractivity contribution in [1.82, 2.24) is 5.43 Å². The Morgan fingerprint density at radius 1 is 1.35 bits per heavy atom. The Labute approximate surface area is 94.4 Å². The van der Waals surface area contributed by atoms with E-state index < -0.39 is 29.2 Å². The van der Waals surface area contributed by atoms with Crippen molar-refractivity contribution >= 4 is 5.97 Å². The van der Waals surface area contributed by atoms with E-state index in [4.69, 9.17) is 21.4 Å². The number of nitrogens with one attached hydrogen (secondary N) is 1. The second-order valence-corrected chi connectivity index (χ2v) is 2.87. The number of hydrogen-bond acceptors (Lipinski definition) is 5. The molecule has 6 nitrogen and oxygen atoms in total. The minimum Gasteiger partial charge on any atom is -0.476 e. The summed E-state index contributed by atoms with van der Waals surface area (Å²) in [4.78, 5) is 10.6. The SMILES string of the molecule is NN/C(C(=O)O)=C(\N)Oc1ccc(F)c(F)c1. The Bertz CT molecular complexity index is 477. The van der Waals surface area contributed by atoms with Gasteiger partial charge in [0.25, 0.3) is 0 Å². The summed E-state index contributed by atoms with van der Waals surface area (Å²) in [6.45, 7) is 0. The van der Waals surface area contributed by atoms with E-state index >= 15 is 0 Å². The van der Waals surface area contributed by atoms with Crippen LogP contribution in [-0.4, -0.2) is 11.1 Å². The van der Waals surface area contributed by atoms with Crippen LogP contribution in [0.15, 0.2) is 29.8 Å². The van der Waals surface area contributed by atoms with Gasteiger partial charge >= 0.3 is 5.97 Å². The number of rotatable bonds is 4. The van der Waals surface area contributed by atoms with Gasteiger partial charge in [-0.1, -0.05) is 0 Å². The fourth-order valence-corrected chi connectivity index (χ4v) is 0.957. The van der Waals surface area contributed by atoms with Crippen LogP contribution in [0.1, 0.15) is 0 Å². The third-order valence-electron chi connectivity index (χ3n) is 1.72. The second kappa shape index (κ2) is 5.12. The van der Waals surface area contributed by atoms with Crippen LogP contribution in [0.4, 0.5) is 8.78 Å². The van der Waals surface area contributed by atoms with Crippen molar-refractivity contribution in [2.45, 2.75) is 0 Å². The van der Waals surface area contributed by atoms with Crippen molar-refractivity contribution in [3.8, 4) is 5.75 Å². The Balaban J connectivity index is 2.97. The summed E-state index contributed by atoms with van der Waals surface area (Å²) in [6, 6.07) is 2.62. The topological polar surface area (TPSA) is 111 Å². The number of carboxylic acid groups (broad SMARTS) is 1. The first kappa shape index (κ1) is 12.7. The molecule has 17 heavy (non-hydrogen) atoms. The third-order valence-corrected chi connectivity index (χ3v) is 1.72. The van der Waals surface area contributed by atoms with Crippen LogP contribution in [0.5, 0.6) is 5.75 Å². The number of halogens is 2. The lowest BCUT2D eigenvalue weighted by molar-refractivity contribution is -0.133. The van der Waals surface area contributed by atoms with Gasteiger partial charge in [-0.3, -0.25) is 5.84 Å². The molecule has 1 aromatic carbocycles. The predicted octanol–water partition coefficient (Wildman–Crippen LogP) is 0.0193. The summed E-state index contributed by atoms with van der Waals surface area (Å²) in [5.41, 5.74) is 6.48. The lowest BCUT2D eigenvalue weighted by Gasteiger charge is -2.09. The summed E-state index contributed by atoms with van der Waals surface area (Å²) in [7, 11) is 0. The van der Waals surface area contributed by atoms with Gasteiger partial charge in [0.15, 0.2) is 17.3 Å². The highest BCUT2D eigenvalue weighted by atomic mass is 19.2. The first-order chi connectivity index (χ1) is 7.95. The number of hydrogen-bond donors (Lipinski definition) is 4. The number of aliphatic carboxylic acids is 1. The number of nitrogens with two attached hydrogens (primary N) is 2. The van der Waals surface area contributed by atoms with Crippen LogP contribution in [0.3, 0.4) is 0 Å². The quantitative estimate of drug-likeness (QED) is 0.257. The fourth-order valence-electron chi connectivity index (χ4n) is 0.957. The lowest BCUT2D eigenvalue weighted by Crippen LogP contribution is -2.31. The van der Waals surface area contributed by atoms with Crippen molar-refractivity contribution in [3.63, 3.8) is 0 Å². The molecular formula is C9H9F2N3O3. The highest BCUT2D eigenvalue weighted by Crippen LogP contribution is 2.17. The van der Waals surface area contributed by atoms with Gasteiger partial charge in [0, 0.05) is 6.07 Å². The molecule has 0 spiro atoms. The molecule has 0 heterocycles. The van der Waals surface area contributed by atoms with Gasteiger partial charge in [0.05, 0.1) is 0 Å². The molecule has 0 fully saturated rings. The van der Waals surface area contributed by atoms with Crippen LogP contribution in [0.2, 0.25) is 0 Å². The maximum absolute atomic E-state index is 12.8. The maximum atomic E-state index is 12.8. The number of hydrazine groups is 1. The van der Waals surface area contributed by atoms with Crippen molar-refractivity contribution in [2.24, 2.45) is 11.6 Å². The second-order valence-electron chi connectivity index (χ2n) is 2.87. The summed E-state index contributed by atoms with van der Waals surface area (Å²) < 4.78 is 30.2. The molecule has 0 bridgehead atoms. The molecule has 6 N–H and O–H groups in total. The van der Waals surface area contributed by atoms with Crippen molar-refractivity contribution in [3.05, 3.63) is 41.4 Å². The number of carbonyl (C=O) groups is 1. The molecule has 1 aromatic rings. The lowest BCUT2D eigenvalue weighted by atomic mass is 10.3. The van der Waals surface area contributed by atoms with E-state index in [2.05, 4.69) is 0 Å². The van der Waals surface area contributed by atoms with Gasteiger partial charge in [-0.2, -0.15) is 0 Å². The van der Waals surface area contributed by atoms with Crippen molar-refractivity contribution in [1.29, 1.82) is 0 Å². The zero-order chi connectivity index (χ0) is 13.0. The van der Waals surface area contributed by atoms with Gasteiger partial charge < -0.3 is 21.0 Å². The molecule has 0 atom stereocenters. The average molecular weight is 245 g/mol. The van der Waals surface area contributed by atoms with Crippen LogP contribution < -0.4 is 21.7 Å². The minimum atomic E-state index is -1.45. The van der Waals surface area contributed by atoms with Crippen LogP contribution in [0.25, 0.3) is 0 Å². The molecule has 92 valence electrons. The summed E-state index contributed by atoms with van der Waals surface area (Å²) in [5.74, 6) is 0.508. The molecule has 0 radical (unpaired) electrons. The van der Waals surface area contributed by atoms with E-state index in [9.17, 15) is 13.6 Å². The van der Waals surface area contributed by atoms with Gasteiger partial charge in [-0.25, -0.2) is 13.6 Å². The van der Waals surface area contributed by atoms with E-state index in [0.717, 1.165) is 18.2 Å². The Hall–Kier alpha value is -2.35. The largest absolute Gasteiger partial charge is 0.476 e. The summed E-state index contributed by atoms with van der Waals surface area (Å²) in [6.07, 6.45) is 0. The van der Waals surface area contributed by atoms with Crippen LogP contribution in [0, 0.1) is 11.6 Å². The molecule has 0 aliphatic heterocycles. The fraction of sp³-hybridized carbons (Fsp3) is 0. The Morgan fingerprint density at radius 2 is 2.00 bits per heavy atom. The highest BCUT2D eigenvalue weighted by Gasteiger charge is 2.13. The molecule has 0 aromatic heterocycles. The summed E-state index contributed by atoms with van der Waals surface area (Å²) >= 11 is 0. The van der Waals surface area contributed by atoms with Crippen LogP contribution in [-0.2, 0) is 4.79 Å². The molecule has 0 saturated heterocycles. The number of ether oxygens (including phenoxy) is 1. The minimum absolute atomic E-state index is 0.157. The standard InChI is InChI=1S/C9H9F2N3O3/c10-5-2-1-4(3-6(5)11)17-8(12)7(14-13)9(15)16/h1-3,14H,12-13H2,(H,15,16)/b8-7+. The monoisotopic (exact) mass is 245 g/mol. The van der Waals surface area contributed by atoms with Gasteiger partial charge in [0.1, 0.15) is 5.75 Å². The number of benzene rings is 1. The average Bonchev–Trinajstić information content (AvgIpc) is 2.24. The predicted molar refractivity (Wildman–Crippen MR) is 53.2 cm³/mol. The third kappa shape index (κ3) is 3.05. The van der Waals surface area contributed by atoms with Crippen LogP contribution >= 0.6 is 0 Å². The van der Waals surface area contributed by atoms with Crippen molar-refractivity contribution in [2.75, 3.05) is 0 Å². The molecule has 1 rings (SSSR count). The maximum Gasteiger partial charge on any atom is 0.358 e. The highest BCUT2D eigenvalue weighted by molar-refractivity contribution is 5.86. The normalized spacial score (nSPS) is 11.7. The molecule has 0 amide bonds. The zero-order valence-corrected chi connectivity index (χ0v) is 8.41. The molecule has 0 aliphatic rings. The zero-order valence-electron chi connectivity index (χ0n) is 8.41. The van der Waals surface area contributed by atoms with E-state index in [1.807, 2.05) is 5.43 Å². The molecular weight excluding hydrogens is 236 g/mol. The first-order valence-corrected chi connectivity index (χ1v) is 4.28. The Morgan fingerprint density at radius 3 is 2.47 bits per heavy atom. The molecule has 8 heteroatoms. The van der Waals surface area contributed by atoms with Crippen molar-refractivity contribution < 1.29 is 23.4 Å². The molecule has 0 aliphatic carbocycles. The smallest absolute Gasteiger partial charge is 0.358 e. The van der Waals surface area contributed by atoms with E-state index in [1.165, 1.54) is 0 Å². The molecule has 0 saturated carbocycles. The van der Waals surface area contributed by atoms with Gasteiger partial charge in [-0.15, -0.1) is 0 Å². The van der Waals surface area contributed by atoms with E-state index in [-0.39, 0.29) is 5.75 Å². The van der Waals surface area contributed by atoms with E-state index in [1.54, 1.807) is 0 Å². The van der Waals surface area contributed by atoms with E-state index in [0.29, 0.717) is 0 Å². The summed E-state index contributed by atoms with van der Waals surface area (Å²) in [5, 5.41) is 8.63. The van der Waals surface area contributed by atoms with Gasteiger partial charge in [-0.05, 0) is 12.1 Å². The molecule has 0 unspecified atom stereocenters. The van der Waals surface area contributed by atoms with Gasteiger partial charge in [0.2, 0.25) is 5.88 Å².